The van der Waals surface area contributed by atoms with Gasteiger partial charge in [-0.15, -0.1) is 0 Å². The molecule has 1 atom stereocenters. The van der Waals surface area contributed by atoms with E-state index in [9.17, 15) is 5.11 Å². The molecule has 1 N–H and O–H groups in total. The quantitative estimate of drug-likeness (QED) is 0.886. The molecule has 0 amide bonds. The van der Waals surface area contributed by atoms with Gasteiger partial charge in [0.05, 0.1) is 13.2 Å². The van der Waals surface area contributed by atoms with Gasteiger partial charge in [0, 0.05) is 6.42 Å². The molecule has 0 radical (unpaired) electrons. The summed E-state index contributed by atoms with van der Waals surface area (Å²) in [6.07, 6.45) is 1.18. The smallest absolute Gasteiger partial charge is 0.118 e. The standard InChI is InChI=1S/C17H20O2/c1-3-13-4-8-15(9-5-13)17(18)12-14-6-10-16(19-2)11-7-14/h4-11,17-18H,3,12H2,1-2H3. The van der Waals surface area contributed by atoms with Crippen molar-refractivity contribution in [2.24, 2.45) is 0 Å². The SMILES string of the molecule is CCc1ccc(C(O)Cc2ccc(OC)cc2)cc1. The van der Waals surface area contributed by atoms with Crippen molar-refractivity contribution in [2.75, 3.05) is 7.11 Å². The molecule has 1 unspecified atom stereocenters. The lowest BCUT2D eigenvalue weighted by molar-refractivity contribution is 0.178. The number of rotatable bonds is 5. The minimum Gasteiger partial charge on any atom is -0.497 e. The zero-order chi connectivity index (χ0) is 13.7. The van der Waals surface area contributed by atoms with Crippen molar-refractivity contribution in [3.63, 3.8) is 0 Å². The summed E-state index contributed by atoms with van der Waals surface area (Å²) in [6.45, 7) is 2.13. The molecule has 0 aromatic heterocycles. The third kappa shape index (κ3) is 3.58. The van der Waals surface area contributed by atoms with Gasteiger partial charge in [0.15, 0.2) is 0 Å². The molecule has 0 aliphatic carbocycles. The van der Waals surface area contributed by atoms with Crippen LogP contribution in [0.1, 0.15) is 29.7 Å². The van der Waals surface area contributed by atoms with Crippen molar-refractivity contribution in [3.05, 3.63) is 65.2 Å². The Bertz CT molecular complexity index is 500. The van der Waals surface area contributed by atoms with Crippen LogP contribution in [-0.4, -0.2) is 12.2 Å². The first-order valence-electron chi connectivity index (χ1n) is 6.62. The van der Waals surface area contributed by atoms with Crippen LogP contribution < -0.4 is 4.74 Å². The fraction of sp³-hybridized carbons (Fsp3) is 0.294. The van der Waals surface area contributed by atoms with E-state index in [1.54, 1.807) is 7.11 Å². The highest BCUT2D eigenvalue weighted by atomic mass is 16.5. The topological polar surface area (TPSA) is 29.5 Å². The van der Waals surface area contributed by atoms with Crippen LogP contribution in [0, 0.1) is 0 Å². The average molecular weight is 256 g/mol. The van der Waals surface area contributed by atoms with Crippen LogP contribution >= 0.6 is 0 Å². The van der Waals surface area contributed by atoms with Crippen LogP contribution in [0.3, 0.4) is 0 Å². The lowest BCUT2D eigenvalue weighted by Crippen LogP contribution is -2.02. The number of aryl methyl sites for hydroxylation is 1. The van der Waals surface area contributed by atoms with Gasteiger partial charge >= 0.3 is 0 Å². The molecule has 0 aliphatic rings. The molecule has 0 heterocycles. The Morgan fingerprint density at radius 2 is 1.53 bits per heavy atom. The van der Waals surface area contributed by atoms with E-state index < -0.39 is 6.10 Å². The second kappa shape index (κ2) is 6.39. The summed E-state index contributed by atoms with van der Waals surface area (Å²) in [4.78, 5) is 0. The fourth-order valence-electron chi connectivity index (χ4n) is 2.08. The van der Waals surface area contributed by atoms with Gasteiger partial charge < -0.3 is 9.84 Å². The maximum Gasteiger partial charge on any atom is 0.118 e. The van der Waals surface area contributed by atoms with Gasteiger partial charge in [0.2, 0.25) is 0 Å². The molecule has 19 heavy (non-hydrogen) atoms. The van der Waals surface area contributed by atoms with E-state index >= 15 is 0 Å². The Morgan fingerprint density at radius 1 is 0.947 bits per heavy atom. The molecule has 2 heteroatoms. The Balaban J connectivity index is 2.04. The minimum atomic E-state index is -0.459. The van der Waals surface area contributed by atoms with E-state index in [-0.39, 0.29) is 0 Å². The molecular formula is C17H20O2. The molecule has 2 aromatic rings. The second-order valence-electron chi connectivity index (χ2n) is 4.66. The number of aliphatic hydroxyl groups excluding tert-OH is 1. The zero-order valence-electron chi connectivity index (χ0n) is 11.5. The minimum absolute atomic E-state index is 0.459. The lowest BCUT2D eigenvalue weighted by atomic mass is 10.00. The first-order chi connectivity index (χ1) is 9.22. The van der Waals surface area contributed by atoms with Crippen LogP contribution in [0.2, 0.25) is 0 Å². The summed E-state index contributed by atoms with van der Waals surface area (Å²) >= 11 is 0. The molecule has 2 rings (SSSR count). The van der Waals surface area contributed by atoms with Crippen molar-refractivity contribution in [3.8, 4) is 5.75 Å². The van der Waals surface area contributed by atoms with E-state index in [1.165, 1.54) is 5.56 Å². The summed E-state index contributed by atoms with van der Waals surface area (Å²) < 4.78 is 5.12. The Morgan fingerprint density at radius 3 is 2.05 bits per heavy atom. The lowest BCUT2D eigenvalue weighted by Gasteiger charge is -2.12. The molecule has 0 spiro atoms. The zero-order valence-corrected chi connectivity index (χ0v) is 11.5. The highest BCUT2D eigenvalue weighted by Gasteiger charge is 2.08. The molecule has 2 aromatic carbocycles. The summed E-state index contributed by atoms with van der Waals surface area (Å²) in [5, 5.41) is 10.2. The molecule has 0 saturated carbocycles. The van der Waals surface area contributed by atoms with Crippen LogP contribution in [0.15, 0.2) is 48.5 Å². The Kier molecular flexibility index (Phi) is 4.58. The Hall–Kier alpha value is -1.80. The van der Waals surface area contributed by atoms with Crippen molar-refractivity contribution in [1.29, 1.82) is 0 Å². The third-order valence-electron chi connectivity index (χ3n) is 3.36. The summed E-state index contributed by atoms with van der Waals surface area (Å²) in [6, 6.07) is 16.0. The molecule has 0 bridgehead atoms. The second-order valence-corrected chi connectivity index (χ2v) is 4.66. The molecule has 100 valence electrons. The van der Waals surface area contributed by atoms with E-state index in [2.05, 4.69) is 19.1 Å². The fourth-order valence-corrected chi connectivity index (χ4v) is 2.08. The van der Waals surface area contributed by atoms with Crippen molar-refractivity contribution in [1.82, 2.24) is 0 Å². The molecular weight excluding hydrogens is 236 g/mol. The summed E-state index contributed by atoms with van der Waals surface area (Å²) in [5.41, 5.74) is 3.36. The molecule has 0 aliphatic heterocycles. The molecule has 2 nitrogen and oxygen atoms in total. The monoisotopic (exact) mass is 256 g/mol. The van der Waals surface area contributed by atoms with Gasteiger partial charge in [-0.25, -0.2) is 0 Å². The van der Waals surface area contributed by atoms with Crippen molar-refractivity contribution < 1.29 is 9.84 Å². The maximum atomic E-state index is 10.2. The Labute approximate surface area is 114 Å². The number of hydrogen-bond donors (Lipinski definition) is 1. The number of aliphatic hydroxyl groups is 1. The largest absolute Gasteiger partial charge is 0.497 e. The van der Waals surface area contributed by atoms with Crippen LogP contribution in [0.5, 0.6) is 5.75 Å². The third-order valence-corrected chi connectivity index (χ3v) is 3.36. The van der Waals surface area contributed by atoms with Crippen LogP contribution in [0.25, 0.3) is 0 Å². The number of methoxy groups -OCH3 is 1. The van der Waals surface area contributed by atoms with Crippen molar-refractivity contribution >= 4 is 0 Å². The van der Waals surface area contributed by atoms with Crippen LogP contribution in [-0.2, 0) is 12.8 Å². The highest BCUT2D eigenvalue weighted by molar-refractivity contribution is 5.30. The highest BCUT2D eigenvalue weighted by Crippen LogP contribution is 2.20. The van der Waals surface area contributed by atoms with Gasteiger partial charge in [-0.3, -0.25) is 0 Å². The van der Waals surface area contributed by atoms with Gasteiger partial charge in [0.1, 0.15) is 5.75 Å². The van der Waals surface area contributed by atoms with E-state index in [4.69, 9.17) is 4.74 Å². The average Bonchev–Trinajstić information content (AvgIpc) is 2.48. The van der Waals surface area contributed by atoms with E-state index in [0.29, 0.717) is 6.42 Å². The first kappa shape index (κ1) is 13.6. The molecule has 0 saturated heterocycles. The normalized spacial score (nSPS) is 12.2. The van der Waals surface area contributed by atoms with Gasteiger partial charge in [0.25, 0.3) is 0 Å². The first-order valence-corrected chi connectivity index (χ1v) is 6.62. The van der Waals surface area contributed by atoms with Gasteiger partial charge in [-0.1, -0.05) is 43.3 Å². The molecule has 0 fully saturated rings. The number of hydrogen-bond acceptors (Lipinski definition) is 2. The maximum absolute atomic E-state index is 10.2. The summed E-state index contributed by atoms with van der Waals surface area (Å²) in [7, 11) is 1.65. The van der Waals surface area contributed by atoms with E-state index in [0.717, 1.165) is 23.3 Å². The summed E-state index contributed by atoms with van der Waals surface area (Å²) in [5.74, 6) is 0.838. The van der Waals surface area contributed by atoms with E-state index in [1.807, 2.05) is 36.4 Å². The predicted molar refractivity (Wildman–Crippen MR) is 77.5 cm³/mol. The predicted octanol–water partition coefficient (Wildman–Crippen LogP) is 3.53. The van der Waals surface area contributed by atoms with Crippen LogP contribution in [0.4, 0.5) is 0 Å². The number of ether oxygens (including phenoxy) is 1. The van der Waals surface area contributed by atoms with Crippen molar-refractivity contribution in [2.45, 2.75) is 25.9 Å². The van der Waals surface area contributed by atoms with Gasteiger partial charge in [-0.05, 0) is 35.2 Å². The van der Waals surface area contributed by atoms with Gasteiger partial charge in [-0.2, -0.15) is 0 Å². The number of benzene rings is 2.